The van der Waals surface area contributed by atoms with Crippen LogP contribution in [-0.4, -0.2) is 82.4 Å². The lowest BCUT2D eigenvalue weighted by Gasteiger charge is -2.35. The number of rotatable bonds is 6. The van der Waals surface area contributed by atoms with Crippen molar-refractivity contribution in [1.82, 2.24) is 24.8 Å². The van der Waals surface area contributed by atoms with E-state index >= 15 is 0 Å². The van der Waals surface area contributed by atoms with Crippen LogP contribution in [0.3, 0.4) is 0 Å². The summed E-state index contributed by atoms with van der Waals surface area (Å²) in [5.74, 6) is 2.27. The molecule has 5 heterocycles. The van der Waals surface area contributed by atoms with Crippen molar-refractivity contribution in [3.63, 3.8) is 0 Å². The largest absolute Gasteiger partial charge is 0.341 e. The Morgan fingerprint density at radius 3 is 1.87 bits per heavy atom. The molecular formula is C26H30N10OS2. The Hall–Kier alpha value is -3.63. The van der Waals surface area contributed by atoms with Crippen LogP contribution in [0.4, 0.5) is 27.8 Å². The lowest BCUT2D eigenvalue weighted by Crippen LogP contribution is -2.48. The summed E-state index contributed by atoms with van der Waals surface area (Å²) in [6, 6.07) is 9.43. The van der Waals surface area contributed by atoms with Gasteiger partial charge in [-0.2, -0.15) is 20.2 Å². The van der Waals surface area contributed by atoms with Crippen molar-refractivity contribution in [1.29, 1.82) is 5.26 Å². The Balaban J connectivity index is 1.05. The van der Waals surface area contributed by atoms with E-state index in [1.165, 1.54) is 37.0 Å². The highest BCUT2D eigenvalue weighted by Gasteiger charge is 2.27. The molecule has 202 valence electrons. The van der Waals surface area contributed by atoms with Gasteiger partial charge in [0.15, 0.2) is 5.13 Å². The molecule has 1 aromatic carbocycles. The molecule has 0 radical (unpaired) electrons. The van der Waals surface area contributed by atoms with Crippen molar-refractivity contribution in [2.24, 2.45) is 0 Å². The predicted octanol–water partition coefficient (Wildman–Crippen LogP) is 4.07. The number of amides is 1. The summed E-state index contributed by atoms with van der Waals surface area (Å²) in [4.78, 5) is 40.6. The average Bonchev–Trinajstić information content (AvgIpc) is 3.79. The molecule has 0 spiro atoms. The highest BCUT2D eigenvalue weighted by Crippen LogP contribution is 2.28. The number of thiazole rings is 1. The molecule has 1 N–H and O–H groups in total. The number of nitriles is 1. The molecular weight excluding hydrogens is 532 g/mol. The summed E-state index contributed by atoms with van der Waals surface area (Å²) in [5.41, 5.74) is 2.36. The highest BCUT2D eigenvalue weighted by atomic mass is 32.2. The van der Waals surface area contributed by atoms with Gasteiger partial charge in [-0.1, -0.05) is 12.1 Å². The molecule has 3 aromatic rings. The first-order valence-corrected chi connectivity index (χ1v) is 15.0. The van der Waals surface area contributed by atoms with Crippen molar-refractivity contribution < 1.29 is 4.79 Å². The van der Waals surface area contributed by atoms with Crippen molar-refractivity contribution in [3.8, 4) is 17.3 Å². The number of nitrogens with zero attached hydrogens (tertiary/aromatic N) is 9. The molecule has 6 rings (SSSR count). The van der Waals surface area contributed by atoms with Crippen molar-refractivity contribution in [2.45, 2.75) is 25.7 Å². The second kappa shape index (κ2) is 11.6. The van der Waals surface area contributed by atoms with Crippen LogP contribution in [0.1, 0.15) is 31.2 Å². The molecule has 11 nitrogen and oxygen atoms in total. The Morgan fingerprint density at radius 1 is 0.795 bits per heavy atom. The van der Waals surface area contributed by atoms with Crippen molar-refractivity contribution in [3.05, 3.63) is 35.2 Å². The van der Waals surface area contributed by atoms with E-state index in [2.05, 4.69) is 30.5 Å². The molecule has 0 bridgehead atoms. The lowest BCUT2D eigenvalue weighted by molar-refractivity contribution is 0.219. The summed E-state index contributed by atoms with van der Waals surface area (Å²) in [6.07, 6.45) is 4.68. The molecule has 0 saturated carbocycles. The van der Waals surface area contributed by atoms with Crippen molar-refractivity contribution in [2.75, 3.05) is 71.8 Å². The van der Waals surface area contributed by atoms with Gasteiger partial charge in [-0.25, -0.2) is 4.98 Å². The molecule has 0 atom stereocenters. The van der Waals surface area contributed by atoms with Crippen LogP contribution in [0.15, 0.2) is 29.6 Å². The third-order valence-corrected chi connectivity index (χ3v) is 8.85. The van der Waals surface area contributed by atoms with Gasteiger partial charge >= 0.3 is 5.24 Å². The van der Waals surface area contributed by atoms with Gasteiger partial charge in [0.25, 0.3) is 0 Å². The maximum atomic E-state index is 12.9. The molecule has 3 fully saturated rings. The maximum Gasteiger partial charge on any atom is 0.302 e. The monoisotopic (exact) mass is 562 g/mol. The van der Waals surface area contributed by atoms with E-state index < -0.39 is 0 Å². The number of carbonyl (C=O) groups excluding carboxylic acids is 1. The highest BCUT2D eigenvalue weighted by molar-refractivity contribution is 8.14. The molecule has 2 aromatic heterocycles. The number of aromatic nitrogens is 4. The van der Waals surface area contributed by atoms with E-state index in [9.17, 15) is 4.79 Å². The molecule has 0 aliphatic carbocycles. The van der Waals surface area contributed by atoms with Crippen LogP contribution in [0.5, 0.6) is 0 Å². The third kappa shape index (κ3) is 5.86. The first-order valence-electron chi connectivity index (χ1n) is 13.3. The first kappa shape index (κ1) is 25.6. The minimum Gasteiger partial charge on any atom is -0.341 e. The number of anilines is 4. The molecule has 39 heavy (non-hydrogen) atoms. The molecule has 1 amide bonds. The SMILES string of the molecule is N#Cc1ccc(-c2csc(NSC(=O)N3CCN(c4nc(N5CCCC5)nc(N5CCCC5)n4)CC3)n2)cc1. The number of benzene rings is 1. The minimum atomic E-state index is -0.0315. The second-order valence-electron chi connectivity index (χ2n) is 9.79. The average molecular weight is 563 g/mol. The summed E-state index contributed by atoms with van der Waals surface area (Å²) in [5, 5.41) is 11.6. The van der Waals surface area contributed by atoms with E-state index in [1.54, 1.807) is 12.1 Å². The number of nitrogens with one attached hydrogen (secondary N) is 1. The number of hydrogen-bond acceptors (Lipinski definition) is 12. The van der Waals surface area contributed by atoms with Crippen LogP contribution in [0.2, 0.25) is 0 Å². The zero-order valence-electron chi connectivity index (χ0n) is 21.6. The summed E-state index contributed by atoms with van der Waals surface area (Å²) >= 11 is 2.50. The molecule has 13 heteroatoms. The van der Waals surface area contributed by atoms with E-state index in [4.69, 9.17) is 20.2 Å². The standard InChI is InChI=1S/C26H30N10OS2/c27-17-19-5-7-20(8-6-19)21-18-38-25(28-21)32-39-26(37)36-15-13-35(14-16-36)24-30-22(33-9-1-2-10-33)29-23(31-24)34-11-3-4-12-34/h5-8,18H,1-4,9-16H2,(H,28,32). The topological polar surface area (TPSA) is 117 Å². The Morgan fingerprint density at radius 2 is 1.33 bits per heavy atom. The normalized spacial score (nSPS) is 17.5. The first-order chi connectivity index (χ1) is 19.2. The van der Waals surface area contributed by atoms with Gasteiger partial charge in [0.05, 0.1) is 17.3 Å². The van der Waals surface area contributed by atoms with Gasteiger partial charge < -0.3 is 19.6 Å². The fourth-order valence-electron chi connectivity index (χ4n) is 5.01. The van der Waals surface area contributed by atoms with Crippen LogP contribution < -0.4 is 19.4 Å². The Bertz CT molecular complexity index is 1300. The van der Waals surface area contributed by atoms with E-state index in [0.717, 1.165) is 61.3 Å². The van der Waals surface area contributed by atoms with Crippen molar-refractivity contribution >= 4 is 51.5 Å². The third-order valence-electron chi connectivity index (χ3n) is 7.24. The Labute approximate surface area is 236 Å². The lowest BCUT2D eigenvalue weighted by atomic mass is 10.1. The van der Waals surface area contributed by atoms with Crippen LogP contribution in [-0.2, 0) is 0 Å². The van der Waals surface area contributed by atoms with Gasteiger partial charge in [0, 0.05) is 75.2 Å². The summed E-state index contributed by atoms with van der Waals surface area (Å²) < 4.78 is 3.10. The fourth-order valence-corrected chi connectivity index (χ4v) is 6.42. The fraction of sp³-hybridized carbons (Fsp3) is 0.462. The molecule has 0 unspecified atom stereocenters. The summed E-state index contributed by atoms with van der Waals surface area (Å²) in [6.45, 7) is 6.52. The number of piperazine rings is 1. The molecule has 3 saturated heterocycles. The van der Waals surface area contributed by atoms with Crippen LogP contribution >= 0.6 is 23.3 Å². The zero-order valence-corrected chi connectivity index (χ0v) is 23.3. The minimum absolute atomic E-state index is 0.0315. The van der Waals surface area contributed by atoms with E-state index in [1.807, 2.05) is 22.4 Å². The van der Waals surface area contributed by atoms with Crippen LogP contribution in [0, 0.1) is 11.3 Å². The smallest absolute Gasteiger partial charge is 0.302 e. The second-order valence-corrected chi connectivity index (χ2v) is 11.4. The number of carbonyl (C=O) groups is 1. The molecule has 3 aliphatic heterocycles. The Kier molecular flexibility index (Phi) is 7.64. The van der Waals surface area contributed by atoms with Gasteiger partial charge in [-0.15, -0.1) is 11.3 Å². The quantitative estimate of drug-likeness (QED) is 0.438. The van der Waals surface area contributed by atoms with E-state index in [-0.39, 0.29) is 5.24 Å². The number of hydrogen-bond donors (Lipinski definition) is 1. The summed E-state index contributed by atoms with van der Waals surface area (Å²) in [7, 11) is 0. The van der Waals surface area contributed by atoms with E-state index in [0.29, 0.717) is 42.8 Å². The van der Waals surface area contributed by atoms with Gasteiger partial charge in [-0.3, -0.25) is 9.52 Å². The predicted molar refractivity (Wildman–Crippen MR) is 155 cm³/mol. The van der Waals surface area contributed by atoms with Crippen LogP contribution in [0.25, 0.3) is 11.3 Å². The van der Waals surface area contributed by atoms with Gasteiger partial charge in [0.2, 0.25) is 17.8 Å². The van der Waals surface area contributed by atoms with Gasteiger partial charge in [-0.05, 0) is 37.8 Å². The van der Waals surface area contributed by atoms with Gasteiger partial charge in [0.1, 0.15) is 0 Å². The zero-order chi connectivity index (χ0) is 26.6. The molecule has 3 aliphatic rings. The maximum absolute atomic E-state index is 12.9.